The van der Waals surface area contributed by atoms with E-state index in [1.807, 2.05) is 0 Å². The number of phenols is 1. The lowest BCUT2D eigenvalue weighted by Gasteiger charge is -2.10. The van der Waals surface area contributed by atoms with Crippen LogP contribution < -0.4 is 10.1 Å². The maximum Gasteiger partial charge on any atom is 0.259 e. The van der Waals surface area contributed by atoms with Crippen LogP contribution in [-0.2, 0) is 0 Å². The summed E-state index contributed by atoms with van der Waals surface area (Å²) in [6.45, 7) is 1.67. The van der Waals surface area contributed by atoms with Crippen LogP contribution in [0.4, 0.5) is 5.69 Å². The van der Waals surface area contributed by atoms with Gasteiger partial charge in [-0.1, -0.05) is 12.1 Å². The molecule has 3 N–H and O–H groups in total. The number of aliphatic hydroxyl groups is 1. The lowest BCUT2D eigenvalue weighted by Crippen LogP contribution is -2.12. The third-order valence-corrected chi connectivity index (χ3v) is 3.10. The van der Waals surface area contributed by atoms with Crippen molar-refractivity contribution in [2.24, 2.45) is 0 Å². The molecule has 1 atom stereocenters. The molecule has 0 bridgehead atoms. The van der Waals surface area contributed by atoms with Crippen LogP contribution in [0, 0.1) is 0 Å². The maximum absolute atomic E-state index is 12.1. The van der Waals surface area contributed by atoms with Gasteiger partial charge in [0, 0.05) is 5.69 Å². The Labute approximate surface area is 122 Å². The zero-order valence-electron chi connectivity index (χ0n) is 11.8. The lowest BCUT2D eigenvalue weighted by atomic mass is 10.1. The van der Waals surface area contributed by atoms with E-state index in [-0.39, 0.29) is 11.3 Å². The molecule has 2 aromatic rings. The van der Waals surface area contributed by atoms with E-state index in [4.69, 9.17) is 4.74 Å². The van der Waals surface area contributed by atoms with E-state index in [2.05, 4.69) is 5.32 Å². The zero-order valence-corrected chi connectivity index (χ0v) is 11.8. The molecule has 0 heterocycles. The first-order valence-corrected chi connectivity index (χ1v) is 6.47. The van der Waals surface area contributed by atoms with Crippen molar-refractivity contribution in [3.05, 3.63) is 53.6 Å². The molecule has 0 aromatic heterocycles. The molecule has 0 spiro atoms. The molecular formula is C16H17NO4. The fourth-order valence-electron chi connectivity index (χ4n) is 1.87. The highest BCUT2D eigenvalue weighted by molar-refractivity contribution is 6.06. The molecule has 5 nitrogen and oxygen atoms in total. The van der Waals surface area contributed by atoms with Crippen molar-refractivity contribution >= 4 is 11.6 Å². The molecule has 0 aliphatic heterocycles. The first-order chi connectivity index (χ1) is 10.0. The monoisotopic (exact) mass is 287 g/mol. The number of phenolic OH excluding ortho intramolecular Hbond substituents is 1. The maximum atomic E-state index is 12.1. The van der Waals surface area contributed by atoms with Crippen LogP contribution in [0.1, 0.15) is 28.9 Å². The summed E-state index contributed by atoms with van der Waals surface area (Å²) in [4.78, 5) is 12.1. The van der Waals surface area contributed by atoms with Crippen molar-refractivity contribution in [3.8, 4) is 11.5 Å². The number of aromatic hydroxyl groups is 1. The first-order valence-electron chi connectivity index (χ1n) is 6.47. The van der Waals surface area contributed by atoms with Crippen molar-refractivity contribution in [1.29, 1.82) is 0 Å². The number of ether oxygens (including phenoxy) is 1. The quantitative estimate of drug-likeness (QED) is 0.808. The van der Waals surface area contributed by atoms with Gasteiger partial charge in [-0.15, -0.1) is 0 Å². The van der Waals surface area contributed by atoms with Gasteiger partial charge in [-0.3, -0.25) is 4.79 Å². The Kier molecular flexibility index (Phi) is 4.45. The number of nitrogens with one attached hydrogen (secondary N) is 1. The number of carbonyl (C=O) groups excluding carboxylic acids is 1. The van der Waals surface area contributed by atoms with E-state index in [9.17, 15) is 15.0 Å². The Balaban J connectivity index is 2.17. The average molecular weight is 287 g/mol. The predicted octanol–water partition coefficient (Wildman–Crippen LogP) is 2.71. The fourth-order valence-corrected chi connectivity index (χ4v) is 1.87. The van der Waals surface area contributed by atoms with Crippen LogP contribution in [0.2, 0.25) is 0 Å². The number of benzene rings is 2. The molecule has 0 radical (unpaired) electrons. The summed E-state index contributed by atoms with van der Waals surface area (Å²) in [5, 5.41) is 21.9. The molecular weight excluding hydrogens is 270 g/mol. The summed E-state index contributed by atoms with van der Waals surface area (Å²) in [6, 6.07) is 11.3. The molecule has 1 unspecified atom stereocenters. The molecule has 5 heteroatoms. The Hall–Kier alpha value is -2.53. The van der Waals surface area contributed by atoms with Crippen LogP contribution >= 0.6 is 0 Å². The number of carbonyl (C=O) groups is 1. The van der Waals surface area contributed by atoms with Gasteiger partial charge in [-0.25, -0.2) is 0 Å². The van der Waals surface area contributed by atoms with Gasteiger partial charge in [-0.2, -0.15) is 0 Å². The lowest BCUT2D eigenvalue weighted by molar-refractivity contribution is 0.102. The molecule has 2 rings (SSSR count). The highest BCUT2D eigenvalue weighted by Gasteiger charge is 2.13. The van der Waals surface area contributed by atoms with Crippen LogP contribution in [0.5, 0.6) is 11.5 Å². The Morgan fingerprint density at radius 2 is 1.86 bits per heavy atom. The minimum Gasteiger partial charge on any atom is -0.507 e. The molecule has 0 saturated carbocycles. The average Bonchev–Trinajstić information content (AvgIpc) is 2.48. The van der Waals surface area contributed by atoms with Crippen LogP contribution in [0.25, 0.3) is 0 Å². The fraction of sp³-hybridized carbons (Fsp3) is 0.188. The molecule has 0 aliphatic rings. The van der Waals surface area contributed by atoms with Crippen molar-refractivity contribution in [1.82, 2.24) is 0 Å². The van der Waals surface area contributed by atoms with Crippen LogP contribution in [0.3, 0.4) is 0 Å². The van der Waals surface area contributed by atoms with Gasteiger partial charge in [0.05, 0.1) is 18.8 Å². The van der Waals surface area contributed by atoms with E-state index in [1.165, 1.54) is 19.2 Å². The van der Waals surface area contributed by atoms with Crippen molar-refractivity contribution in [3.63, 3.8) is 0 Å². The highest BCUT2D eigenvalue weighted by Crippen LogP contribution is 2.24. The minimum absolute atomic E-state index is 0.117. The highest BCUT2D eigenvalue weighted by atomic mass is 16.5. The smallest absolute Gasteiger partial charge is 0.259 e. The van der Waals surface area contributed by atoms with Gasteiger partial charge in [0.25, 0.3) is 5.91 Å². The second-order valence-electron chi connectivity index (χ2n) is 4.64. The van der Waals surface area contributed by atoms with Gasteiger partial charge in [-0.05, 0) is 42.8 Å². The largest absolute Gasteiger partial charge is 0.507 e. The van der Waals surface area contributed by atoms with E-state index in [0.717, 1.165) is 5.56 Å². The normalized spacial score (nSPS) is 11.8. The predicted molar refractivity (Wildman–Crippen MR) is 79.7 cm³/mol. The SMILES string of the molecule is COc1ccc(O)c(C(=O)Nc2ccc(C(C)O)cc2)c1. The minimum atomic E-state index is -0.558. The molecule has 0 aliphatic carbocycles. The molecule has 110 valence electrons. The number of anilines is 1. The molecule has 0 saturated heterocycles. The molecule has 1 amide bonds. The standard InChI is InChI=1S/C16H17NO4/c1-10(18)11-3-5-12(6-4-11)17-16(20)14-9-13(21-2)7-8-15(14)19/h3-10,18-19H,1-2H3,(H,17,20). The summed E-state index contributed by atoms with van der Waals surface area (Å²) in [7, 11) is 1.49. The molecule has 0 fully saturated rings. The van der Waals surface area contributed by atoms with E-state index < -0.39 is 12.0 Å². The Morgan fingerprint density at radius 3 is 2.43 bits per heavy atom. The summed E-state index contributed by atoms with van der Waals surface area (Å²) < 4.78 is 5.03. The van der Waals surface area contributed by atoms with Crippen molar-refractivity contribution < 1.29 is 19.7 Å². The van der Waals surface area contributed by atoms with Crippen LogP contribution in [0.15, 0.2) is 42.5 Å². The summed E-state index contributed by atoms with van der Waals surface area (Å²) in [6.07, 6.45) is -0.558. The topological polar surface area (TPSA) is 78.8 Å². The van der Waals surface area contributed by atoms with Crippen LogP contribution in [-0.4, -0.2) is 23.2 Å². The second-order valence-corrected chi connectivity index (χ2v) is 4.64. The van der Waals surface area contributed by atoms with E-state index >= 15 is 0 Å². The number of hydrogen-bond donors (Lipinski definition) is 3. The first kappa shape index (κ1) is 14.9. The third kappa shape index (κ3) is 3.52. The number of aliphatic hydroxyl groups excluding tert-OH is 1. The second kappa shape index (κ2) is 6.28. The third-order valence-electron chi connectivity index (χ3n) is 3.10. The number of rotatable bonds is 4. The summed E-state index contributed by atoms with van der Waals surface area (Å²) in [5.74, 6) is -0.0625. The van der Waals surface area contributed by atoms with Gasteiger partial charge >= 0.3 is 0 Å². The molecule has 2 aromatic carbocycles. The van der Waals surface area contributed by atoms with Crippen molar-refractivity contribution in [2.45, 2.75) is 13.0 Å². The van der Waals surface area contributed by atoms with Gasteiger partial charge in [0.1, 0.15) is 11.5 Å². The van der Waals surface area contributed by atoms with Gasteiger partial charge in [0.15, 0.2) is 0 Å². The summed E-state index contributed by atoms with van der Waals surface area (Å²) >= 11 is 0. The Bertz CT molecular complexity index is 635. The number of methoxy groups -OCH3 is 1. The van der Waals surface area contributed by atoms with E-state index in [0.29, 0.717) is 11.4 Å². The number of hydrogen-bond acceptors (Lipinski definition) is 4. The Morgan fingerprint density at radius 1 is 1.19 bits per heavy atom. The zero-order chi connectivity index (χ0) is 15.4. The van der Waals surface area contributed by atoms with Gasteiger partial charge < -0.3 is 20.3 Å². The summed E-state index contributed by atoms with van der Waals surface area (Å²) in [5.41, 5.74) is 1.47. The molecule has 21 heavy (non-hydrogen) atoms. The van der Waals surface area contributed by atoms with Crippen molar-refractivity contribution in [2.75, 3.05) is 12.4 Å². The number of amides is 1. The van der Waals surface area contributed by atoms with Gasteiger partial charge in [0.2, 0.25) is 0 Å². The van der Waals surface area contributed by atoms with E-state index in [1.54, 1.807) is 37.3 Å².